The fraction of sp³-hybridized carbons (Fsp3) is 0.111. The molecule has 12 heavy (non-hydrogen) atoms. The molecule has 0 aromatic heterocycles. The third-order valence-electron chi connectivity index (χ3n) is 1.38. The van der Waals surface area contributed by atoms with Gasteiger partial charge in [0.15, 0.2) is 0 Å². The van der Waals surface area contributed by atoms with E-state index in [2.05, 4.69) is 13.2 Å². The maximum Gasteiger partial charge on any atom is 0.488 e. The van der Waals surface area contributed by atoms with Gasteiger partial charge >= 0.3 is 7.12 Å². The van der Waals surface area contributed by atoms with E-state index in [0.717, 1.165) is 5.56 Å². The molecular weight excluding hydrogens is 151 g/mol. The van der Waals surface area contributed by atoms with Crippen molar-refractivity contribution in [3.05, 3.63) is 43.0 Å². The van der Waals surface area contributed by atoms with Gasteiger partial charge in [-0.2, -0.15) is 0 Å². The lowest BCUT2D eigenvalue weighted by Crippen LogP contribution is -2.29. The molecule has 3 heteroatoms. The van der Waals surface area contributed by atoms with Gasteiger partial charge in [-0.05, 0) is 12.4 Å². The number of hydrogen-bond acceptors (Lipinski definition) is 2. The van der Waals surface area contributed by atoms with Crippen molar-refractivity contribution in [2.24, 2.45) is 0 Å². The molecule has 64 valence electrons. The molecular formula is C9H13BO2. The second kappa shape index (κ2) is 5.58. The summed E-state index contributed by atoms with van der Waals surface area (Å²) in [4.78, 5) is 0. The average Bonchev–Trinajstić information content (AvgIpc) is 2.09. The lowest BCUT2D eigenvalue weighted by molar-refractivity contribution is 0.426. The van der Waals surface area contributed by atoms with E-state index in [0.29, 0.717) is 5.46 Å². The molecule has 0 aliphatic carbocycles. The third-order valence-corrected chi connectivity index (χ3v) is 1.38. The van der Waals surface area contributed by atoms with Crippen LogP contribution in [0.4, 0.5) is 0 Å². The standard InChI is InChI=1S/C7H9BO2.C2H4/c1-6-2-4-7(5-3-6)8(9)10;1-2/h2-5,9-10H,1H3;1-2H2. The molecule has 0 saturated heterocycles. The first-order valence-corrected chi connectivity index (χ1v) is 3.63. The molecule has 1 rings (SSSR count). The van der Waals surface area contributed by atoms with Crippen LogP contribution < -0.4 is 5.46 Å². The maximum atomic E-state index is 8.67. The molecule has 0 unspecified atom stereocenters. The first-order valence-electron chi connectivity index (χ1n) is 3.63. The number of hydrogen-bond donors (Lipinski definition) is 2. The van der Waals surface area contributed by atoms with Crippen LogP contribution in [0.25, 0.3) is 0 Å². The van der Waals surface area contributed by atoms with E-state index >= 15 is 0 Å². The molecule has 0 fully saturated rings. The topological polar surface area (TPSA) is 40.5 Å². The van der Waals surface area contributed by atoms with Crippen molar-refractivity contribution in [1.82, 2.24) is 0 Å². The average molecular weight is 164 g/mol. The van der Waals surface area contributed by atoms with Crippen LogP contribution >= 0.6 is 0 Å². The summed E-state index contributed by atoms with van der Waals surface area (Å²) in [5.41, 5.74) is 1.65. The number of aryl methyl sites for hydroxylation is 1. The van der Waals surface area contributed by atoms with E-state index < -0.39 is 7.12 Å². The molecule has 0 amide bonds. The Morgan fingerprint density at radius 2 is 1.50 bits per heavy atom. The van der Waals surface area contributed by atoms with Crippen LogP contribution in [0.2, 0.25) is 0 Å². The van der Waals surface area contributed by atoms with Gasteiger partial charge in [0.2, 0.25) is 0 Å². The first kappa shape index (κ1) is 10.9. The highest BCUT2D eigenvalue weighted by Crippen LogP contribution is 1.92. The SMILES string of the molecule is C=C.Cc1ccc(B(O)O)cc1. The highest BCUT2D eigenvalue weighted by molar-refractivity contribution is 6.58. The van der Waals surface area contributed by atoms with Crippen LogP contribution in [0.5, 0.6) is 0 Å². The van der Waals surface area contributed by atoms with E-state index in [-0.39, 0.29) is 0 Å². The van der Waals surface area contributed by atoms with Crippen molar-refractivity contribution in [2.75, 3.05) is 0 Å². The molecule has 0 atom stereocenters. The predicted molar refractivity (Wildman–Crippen MR) is 52.3 cm³/mol. The fourth-order valence-electron chi connectivity index (χ4n) is 0.739. The highest BCUT2D eigenvalue weighted by atomic mass is 16.4. The Balaban J connectivity index is 0.000000561. The van der Waals surface area contributed by atoms with Gasteiger partial charge in [0, 0.05) is 0 Å². The summed E-state index contributed by atoms with van der Waals surface area (Å²) in [6, 6.07) is 7.07. The molecule has 0 bridgehead atoms. The molecule has 2 nitrogen and oxygen atoms in total. The van der Waals surface area contributed by atoms with Gasteiger partial charge in [0.05, 0.1) is 0 Å². The van der Waals surface area contributed by atoms with E-state index in [9.17, 15) is 0 Å². The van der Waals surface area contributed by atoms with Gasteiger partial charge in [0.25, 0.3) is 0 Å². The lowest BCUT2D eigenvalue weighted by Gasteiger charge is -1.97. The van der Waals surface area contributed by atoms with E-state index in [1.807, 2.05) is 19.1 Å². The second-order valence-electron chi connectivity index (χ2n) is 2.28. The van der Waals surface area contributed by atoms with Crippen molar-refractivity contribution < 1.29 is 10.0 Å². The van der Waals surface area contributed by atoms with Crippen LogP contribution in [0, 0.1) is 6.92 Å². The molecule has 1 aromatic carbocycles. The summed E-state index contributed by atoms with van der Waals surface area (Å²) in [5, 5.41) is 17.3. The summed E-state index contributed by atoms with van der Waals surface area (Å²) < 4.78 is 0. The Kier molecular flexibility index (Phi) is 5.09. The smallest absolute Gasteiger partial charge is 0.423 e. The Morgan fingerprint density at radius 1 is 1.08 bits per heavy atom. The van der Waals surface area contributed by atoms with Crippen LogP contribution in [0.15, 0.2) is 37.4 Å². The summed E-state index contributed by atoms with van der Waals surface area (Å²) >= 11 is 0. The Morgan fingerprint density at radius 3 is 1.83 bits per heavy atom. The highest BCUT2D eigenvalue weighted by Gasteiger charge is 2.08. The van der Waals surface area contributed by atoms with Gasteiger partial charge in [-0.3, -0.25) is 0 Å². The summed E-state index contributed by atoms with van der Waals surface area (Å²) in [5.74, 6) is 0. The molecule has 0 aliphatic rings. The van der Waals surface area contributed by atoms with Gasteiger partial charge in [-0.15, -0.1) is 13.2 Å². The molecule has 2 N–H and O–H groups in total. The van der Waals surface area contributed by atoms with Gasteiger partial charge in [-0.25, -0.2) is 0 Å². The minimum Gasteiger partial charge on any atom is -0.423 e. The Hall–Kier alpha value is -1.06. The van der Waals surface area contributed by atoms with E-state index in [4.69, 9.17) is 10.0 Å². The largest absolute Gasteiger partial charge is 0.488 e. The Labute approximate surface area is 73.3 Å². The van der Waals surface area contributed by atoms with E-state index in [1.54, 1.807) is 12.1 Å². The van der Waals surface area contributed by atoms with Crippen molar-refractivity contribution in [1.29, 1.82) is 0 Å². The molecule has 0 aliphatic heterocycles. The molecule has 1 aromatic rings. The van der Waals surface area contributed by atoms with Crippen LogP contribution in [-0.4, -0.2) is 17.2 Å². The van der Waals surface area contributed by atoms with Gasteiger partial charge in [0.1, 0.15) is 0 Å². The molecule has 0 radical (unpaired) electrons. The van der Waals surface area contributed by atoms with Crippen molar-refractivity contribution >= 4 is 12.6 Å². The van der Waals surface area contributed by atoms with Crippen molar-refractivity contribution in [3.63, 3.8) is 0 Å². The number of benzene rings is 1. The minimum absolute atomic E-state index is 0.533. The molecule has 0 saturated carbocycles. The van der Waals surface area contributed by atoms with Crippen LogP contribution in [-0.2, 0) is 0 Å². The first-order chi connectivity index (χ1) is 5.70. The lowest BCUT2D eigenvalue weighted by atomic mass is 9.80. The van der Waals surface area contributed by atoms with E-state index in [1.165, 1.54) is 0 Å². The zero-order valence-corrected chi connectivity index (χ0v) is 7.20. The summed E-state index contributed by atoms with van der Waals surface area (Å²) in [6.07, 6.45) is 0. The van der Waals surface area contributed by atoms with Gasteiger partial charge in [-0.1, -0.05) is 29.8 Å². The normalized spacial score (nSPS) is 8.25. The Bertz CT molecular complexity index is 218. The zero-order valence-electron chi connectivity index (χ0n) is 7.20. The summed E-state index contributed by atoms with van der Waals surface area (Å²) in [7, 11) is -1.35. The fourth-order valence-corrected chi connectivity index (χ4v) is 0.739. The third kappa shape index (κ3) is 3.37. The summed E-state index contributed by atoms with van der Waals surface area (Å²) in [6.45, 7) is 7.95. The van der Waals surface area contributed by atoms with Crippen molar-refractivity contribution in [2.45, 2.75) is 6.92 Å². The number of rotatable bonds is 1. The van der Waals surface area contributed by atoms with Gasteiger partial charge < -0.3 is 10.0 Å². The second-order valence-corrected chi connectivity index (χ2v) is 2.28. The van der Waals surface area contributed by atoms with Crippen LogP contribution in [0.1, 0.15) is 5.56 Å². The molecule has 0 spiro atoms. The monoisotopic (exact) mass is 164 g/mol. The predicted octanol–water partition coefficient (Wildman–Crippen LogP) is 0.477. The van der Waals surface area contributed by atoms with Crippen molar-refractivity contribution in [3.8, 4) is 0 Å². The van der Waals surface area contributed by atoms with Crippen LogP contribution in [0.3, 0.4) is 0 Å². The maximum absolute atomic E-state index is 8.67. The molecule has 0 heterocycles. The zero-order chi connectivity index (χ0) is 9.56. The quantitative estimate of drug-likeness (QED) is 0.468. The minimum atomic E-state index is -1.35.